The van der Waals surface area contributed by atoms with Gasteiger partial charge in [-0.05, 0) is 66.7 Å². The summed E-state index contributed by atoms with van der Waals surface area (Å²) in [4.78, 5) is 19.1. The van der Waals surface area contributed by atoms with E-state index in [1.54, 1.807) is 55.6 Å². The van der Waals surface area contributed by atoms with Crippen LogP contribution in [-0.2, 0) is 4.79 Å². The normalized spacial score (nSPS) is 17.3. The second-order valence-electron chi connectivity index (χ2n) is 5.51. The molecule has 2 aromatic carbocycles. The number of hydrogen-bond donors (Lipinski definition) is 1. The lowest BCUT2D eigenvalue weighted by Gasteiger charge is -2.07. The zero-order valence-electron chi connectivity index (χ0n) is 14.3. The van der Waals surface area contributed by atoms with E-state index in [4.69, 9.17) is 16.3 Å². The van der Waals surface area contributed by atoms with Crippen molar-refractivity contribution in [1.29, 1.82) is 0 Å². The maximum atomic E-state index is 12.5. The third-order valence-corrected chi connectivity index (χ3v) is 4.95. The van der Waals surface area contributed by atoms with Gasteiger partial charge in [-0.3, -0.25) is 9.69 Å². The highest BCUT2D eigenvalue weighted by Crippen LogP contribution is 2.35. The number of halogens is 1. The van der Waals surface area contributed by atoms with Crippen molar-refractivity contribution in [3.05, 3.63) is 58.0 Å². The van der Waals surface area contributed by atoms with Crippen molar-refractivity contribution in [1.82, 2.24) is 4.90 Å². The molecule has 1 fully saturated rings. The largest absolute Gasteiger partial charge is 0.504 e. The topological polar surface area (TPSA) is 62.1 Å². The number of aromatic hydroxyl groups is 1. The molecule has 1 aliphatic heterocycles. The van der Waals surface area contributed by atoms with Gasteiger partial charge in [-0.2, -0.15) is 0 Å². The Kier molecular flexibility index (Phi) is 5.54. The van der Waals surface area contributed by atoms with Crippen LogP contribution < -0.4 is 4.74 Å². The van der Waals surface area contributed by atoms with Crippen LogP contribution in [0.15, 0.2) is 52.4 Å². The second-order valence-corrected chi connectivity index (χ2v) is 6.95. The Hall–Kier alpha value is -2.44. The quantitative estimate of drug-likeness (QED) is 0.772. The number of likely N-dealkylation sites (N-methyl/N-ethyl adjacent to an activating group) is 1. The number of carbonyl (C=O) groups is 1. The number of rotatable bonds is 4. The van der Waals surface area contributed by atoms with Crippen LogP contribution in [-0.4, -0.2) is 34.7 Å². The maximum Gasteiger partial charge on any atom is 0.266 e. The number of ether oxygens (including phenoxy) is 1. The van der Waals surface area contributed by atoms with Crippen molar-refractivity contribution in [2.75, 3.05) is 13.7 Å². The molecule has 2 aromatic rings. The Bertz CT molecular complexity index is 894. The van der Waals surface area contributed by atoms with Crippen molar-refractivity contribution in [3.8, 4) is 11.5 Å². The predicted molar refractivity (Wildman–Crippen MR) is 106 cm³/mol. The van der Waals surface area contributed by atoms with E-state index >= 15 is 0 Å². The Labute approximate surface area is 160 Å². The number of phenols is 1. The molecule has 0 saturated carbocycles. The summed E-state index contributed by atoms with van der Waals surface area (Å²) in [6.45, 7) is 2.29. The average molecular weight is 389 g/mol. The molecule has 1 saturated heterocycles. The van der Waals surface area contributed by atoms with E-state index in [0.29, 0.717) is 27.5 Å². The minimum Gasteiger partial charge on any atom is -0.504 e. The summed E-state index contributed by atoms with van der Waals surface area (Å²) < 4.78 is 5.38. The molecular formula is C19H17ClN2O3S. The van der Waals surface area contributed by atoms with Gasteiger partial charge in [-0.25, -0.2) is 4.99 Å². The smallest absolute Gasteiger partial charge is 0.266 e. The minimum absolute atomic E-state index is 0.0708. The third kappa shape index (κ3) is 4.03. The van der Waals surface area contributed by atoms with Crippen LogP contribution in [0.2, 0.25) is 5.02 Å². The summed E-state index contributed by atoms with van der Waals surface area (Å²) in [5, 5.41) is 11.0. The van der Waals surface area contributed by atoms with E-state index in [0.717, 1.165) is 11.3 Å². The number of carbonyl (C=O) groups excluding carboxylic acids is 1. The molecule has 0 aromatic heterocycles. The highest BCUT2D eigenvalue weighted by atomic mass is 35.5. The SMILES string of the molecule is CCOc1cc(/C=C2\SC(=Nc3ccc(Cl)cc3)N(C)C2=O)ccc1O. The van der Waals surface area contributed by atoms with Gasteiger partial charge < -0.3 is 9.84 Å². The van der Waals surface area contributed by atoms with E-state index in [9.17, 15) is 9.90 Å². The van der Waals surface area contributed by atoms with Gasteiger partial charge in [0, 0.05) is 12.1 Å². The van der Waals surface area contributed by atoms with Gasteiger partial charge in [0.15, 0.2) is 16.7 Å². The molecule has 1 amide bonds. The Morgan fingerprint density at radius 3 is 2.69 bits per heavy atom. The monoisotopic (exact) mass is 388 g/mol. The summed E-state index contributed by atoms with van der Waals surface area (Å²) in [5.41, 5.74) is 1.49. The van der Waals surface area contributed by atoms with Gasteiger partial charge in [-0.1, -0.05) is 17.7 Å². The molecular weight excluding hydrogens is 372 g/mol. The molecule has 0 spiro atoms. The number of phenolic OH excluding ortho intramolecular Hbond substituents is 1. The molecule has 1 N–H and O–H groups in total. The number of amidine groups is 1. The Morgan fingerprint density at radius 2 is 2.00 bits per heavy atom. The molecule has 0 radical (unpaired) electrons. The fraction of sp³-hybridized carbons (Fsp3) is 0.158. The van der Waals surface area contributed by atoms with Crippen molar-refractivity contribution >= 4 is 46.2 Å². The summed E-state index contributed by atoms with van der Waals surface area (Å²) >= 11 is 7.18. The van der Waals surface area contributed by atoms with Gasteiger partial charge in [0.2, 0.25) is 0 Å². The van der Waals surface area contributed by atoms with Crippen molar-refractivity contribution in [2.24, 2.45) is 4.99 Å². The summed E-state index contributed by atoms with van der Waals surface area (Å²) in [6, 6.07) is 12.1. The van der Waals surface area contributed by atoms with Crippen LogP contribution in [0.3, 0.4) is 0 Å². The van der Waals surface area contributed by atoms with Crippen LogP contribution in [0, 0.1) is 0 Å². The van der Waals surface area contributed by atoms with Gasteiger partial charge in [0.1, 0.15) is 0 Å². The zero-order chi connectivity index (χ0) is 18.7. The molecule has 7 heteroatoms. The molecule has 5 nitrogen and oxygen atoms in total. The fourth-order valence-electron chi connectivity index (χ4n) is 2.32. The van der Waals surface area contributed by atoms with E-state index in [2.05, 4.69) is 4.99 Å². The first-order valence-corrected chi connectivity index (χ1v) is 9.15. The molecule has 3 rings (SSSR count). The molecule has 1 aliphatic rings. The molecule has 0 unspecified atom stereocenters. The number of thioether (sulfide) groups is 1. The maximum absolute atomic E-state index is 12.5. The predicted octanol–water partition coefficient (Wildman–Crippen LogP) is 4.68. The third-order valence-electron chi connectivity index (χ3n) is 3.64. The Morgan fingerprint density at radius 1 is 1.27 bits per heavy atom. The van der Waals surface area contributed by atoms with Crippen LogP contribution in [0.25, 0.3) is 6.08 Å². The van der Waals surface area contributed by atoms with Crippen LogP contribution in [0.4, 0.5) is 5.69 Å². The molecule has 26 heavy (non-hydrogen) atoms. The lowest BCUT2D eigenvalue weighted by atomic mass is 10.2. The molecule has 0 bridgehead atoms. The standard InChI is InChI=1S/C19H17ClN2O3S/c1-3-25-16-10-12(4-9-15(16)23)11-17-18(24)22(2)19(26-17)21-14-7-5-13(20)6-8-14/h4-11,23H,3H2,1-2H3/b17-11-,21-19?. The second kappa shape index (κ2) is 7.85. The first kappa shape index (κ1) is 18.4. The lowest BCUT2D eigenvalue weighted by molar-refractivity contribution is -0.121. The fourth-order valence-corrected chi connectivity index (χ4v) is 3.43. The number of amides is 1. The minimum atomic E-state index is -0.131. The molecule has 0 atom stereocenters. The van der Waals surface area contributed by atoms with E-state index in [-0.39, 0.29) is 11.7 Å². The van der Waals surface area contributed by atoms with E-state index < -0.39 is 0 Å². The van der Waals surface area contributed by atoms with Crippen LogP contribution >= 0.6 is 23.4 Å². The van der Waals surface area contributed by atoms with E-state index in [1.165, 1.54) is 16.7 Å². The Balaban J connectivity index is 1.87. The van der Waals surface area contributed by atoms with Crippen molar-refractivity contribution < 1.29 is 14.6 Å². The van der Waals surface area contributed by atoms with Gasteiger partial charge >= 0.3 is 0 Å². The van der Waals surface area contributed by atoms with Gasteiger partial charge in [0.05, 0.1) is 17.2 Å². The van der Waals surface area contributed by atoms with Gasteiger partial charge in [-0.15, -0.1) is 0 Å². The summed E-state index contributed by atoms with van der Waals surface area (Å²) in [6.07, 6.45) is 1.76. The summed E-state index contributed by atoms with van der Waals surface area (Å²) in [7, 11) is 1.69. The average Bonchev–Trinajstić information content (AvgIpc) is 2.88. The number of aliphatic imine (C=N–C) groups is 1. The molecule has 1 heterocycles. The molecule has 134 valence electrons. The van der Waals surface area contributed by atoms with Crippen LogP contribution in [0.1, 0.15) is 12.5 Å². The first-order chi connectivity index (χ1) is 12.5. The number of nitrogens with zero attached hydrogens (tertiary/aromatic N) is 2. The van der Waals surface area contributed by atoms with E-state index in [1.807, 2.05) is 6.92 Å². The van der Waals surface area contributed by atoms with Crippen molar-refractivity contribution in [2.45, 2.75) is 6.92 Å². The highest BCUT2D eigenvalue weighted by molar-refractivity contribution is 8.18. The highest BCUT2D eigenvalue weighted by Gasteiger charge is 2.30. The first-order valence-electron chi connectivity index (χ1n) is 7.95. The van der Waals surface area contributed by atoms with Gasteiger partial charge in [0.25, 0.3) is 5.91 Å². The van der Waals surface area contributed by atoms with Crippen molar-refractivity contribution in [3.63, 3.8) is 0 Å². The number of hydrogen-bond acceptors (Lipinski definition) is 5. The zero-order valence-corrected chi connectivity index (χ0v) is 15.8. The summed E-state index contributed by atoms with van der Waals surface area (Å²) in [5.74, 6) is 0.330. The lowest BCUT2D eigenvalue weighted by Crippen LogP contribution is -2.23. The van der Waals surface area contributed by atoms with Crippen LogP contribution in [0.5, 0.6) is 11.5 Å². The number of benzene rings is 2. The molecule has 0 aliphatic carbocycles.